The molecule has 1 N–H and O–H groups in total. The highest BCUT2D eigenvalue weighted by atomic mass is 16.5. The van der Waals surface area contributed by atoms with E-state index in [4.69, 9.17) is 0 Å². The summed E-state index contributed by atoms with van der Waals surface area (Å²) < 4.78 is 4.40. The molecule has 0 fully saturated rings. The largest absolute Gasteiger partial charge is 0.466 e. The summed E-state index contributed by atoms with van der Waals surface area (Å²) in [7, 11) is 0. The number of nitrogens with one attached hydrogen (secondary N) is 1. The van der Waals surface area contributed by atoms with Gasteiger partial charge < -0.3 is 4.74 Å². The second-order valence-corrected chi connectivity index (χ2v) is 3.15. The molecule has 2 rings (SSSR count). The lowest BCUT2D eigenvalue weighted by Gasteiger charge is -1.90. The standard InChI is InChI=1S/C8H7N3.C4H8O2/c1-2-4-7(5-3-1)8-6-9-11-10-8;1-3-6-4(2)5/h1-6H,(H,9,10,11);3H2,1-2H3. The lowest BCUT2D eigenvalue weighted by Crippen LogP contribution is -1.95. The predicted molar refractivity (Wildman–Crippen MR) is 64.1 cm³/mol. The zero-order valence-corrected chi connectivity index (χ0v) is 9.88. The first-order valence-corrected chi connectivity index (χ1v) is 5.28. The Balaban J connectivity index is 0.000000209. The minimum absolute atomic E-state index is 0.211. The molecule has 5 heteroatoms. The third-order valence-electron chi connectivity index (χ3n) is 1.83. The molecule has 0 atom stereocenters. The molecule has 0 amide bonds. The van der Waals surface area contributed by atoms with Crippen molar-refractivity contribution in [3.8, 4) is 11.3 Å². The van der Waals surface area contributed by atoms with Crippen LogP contribution in [0, 0.1) is 0 Å². The molecule has 90 valence electrons. The Morgan fingerprint density at radius 3 is 2.47 bits per heavy atom. The maximum absolute atomic E-state index is 9.82. The number of rotatable bonds is 2. The highest BCUT2D eigenvalue weighted by molar-refractivity contribution is 5.65. The molecule has 0 saturated carbocycles. The van der Waals surface area contributed by atoms with Crippen LogP contribution < -0.4 is 0 Å². The molecule has 1 aromatic heterocycles. The Hall–Kier alpha value is -2.17. The molecule has 0 spiro atoms. The third kappa shape index (κ3) is 4.92. The van der Waals surface area contributed by atoms with Gasteiger partial charge in [-0.1, -0.05) is 30.3 Å². The Morgan fingerprint density at radius 1 is 1.35 bits per heavy atom. The second-order valence-electron chi connectivity index (χ2n) is 3.15. The lowest BCUT2D eigenvalue weighted by atomic mass is 10.2. The number of hydrogen-bond donors (Lipinski definition) is 1. The van der Waals surface area contributed by atoms with Crippen LogP contribution in [-0.4, -0.2) is 28.0 Å². The number of aromatic nitrogens is 3. The Morgan fingerprint density at radius 2 is 2.06 bits per heavy atom. The van der Waals surface area contributed by atoms with Gasteiger partial charge in [-0.15, -0.1) is 0 Å². The molecule has 17 heavy (non-hydrogen) atoms. The number of aromatic amines is 1. The van der Waals surface area contributed by atoms with Gasteiger partial charge in [0.15, 0.2) is 0 Å². The summed E-state index contributed by atoms with van der Waals surface area (Å²) in [5.74, 6) is -0.211. The Bertz CT molecular complexity index is 426. The third-order valence-corrected chi connectivity index (χ3v) is 1.83. The quantitative estimate of drug-likeness (QED) is 0.806. The van der Waals surface area contributed by atoms with E-state index in [1.807, 2.05) is 30.3 Å². The van der Waals surface area contributed by atoms with Gasteiger partial charge in [0.2, 0.25) is 0 Å². The minimum Gasteiger partial charge on any atom is -0.466 e. The fourth-order valence-corrected chi connectivity index (χ4v) is 1.15. The van der Waals surface area contributed by atoms with Crippen LogP contribution in [0.1, 0.15) is 13.8 Å². The fraction of sp³-hybridized carbons (Fsp3) is 0.250. The molecule has 0 aliphatic rings. The van der Waals surface area contributed by atoms with Gasteiger partial charge in [0.05, 0.1) is 12.8 Å². The smallest absolute Gasteiger partial charge is 0.302 e. The van der Waals surface area contributed by atoms with E-state index in [9.17, 15) is 4.79 Å². The van der Waals surface area contributed by atoms with Crippen molar-refractivity contribution >= 4 is 5.97 Å². The lowest BCUT2D eigenvalue weighted by molar-refractivity contribution is -0.140. The van der Waals surface area contributed by atoms with Crippen molar-refractivity contribution < 1.29 is 9.53 Å². The number of hydrogen-bond acceptors (Lipinski definition) is 4. The van der Waals surface area contributed by atoms with Crippen molar-refractivity contribution in [1.29, 1.82) is 0 Å². The molecule has 0 saturated heterocycles. The molecule has 0 bridgehead atoms. The van der Waals surface area contributed by atoms with Crippen LogP contribution in [0.5, 0.6) is 0 Å². The van der Waals surface area contributed by atoms with Gasteiger partial charge in [0.1, 0.15) is 5.69 Å². The normalized spacial score (nSPS) is 9.06. The molecule has 5 nitrogen and oxygen atoms in total. The van der Waals surface area contributed by atoms with Crippen LogP contribution in [0.3, 0.4) is 0 Å². The summed E-state index contributed by atoms with van der Waals surface area (Å²) in [5.41, 5.74) is 1.96. The van der Waals surface area contributed by atoms with E-state index >= 15 is 0 Å². The van der Waals surface area contributed by atoms with E-state index in [1.54, 1.807) is 13.1 Å². The molecule has 0 unspecified atom stereocenters. The number of carbonyl (C=O) groups is 1. The summed E-state index contributed by atoms with van der Waals surface area (Å²) in [4.78, 5) is 9.82. The molecule has 2 aromatic rings. The van der Waals surface area contributed by atoms with Crippen molar-refractivity contribution in [3.05, 3.63) is 36.5 Å². The molecule has 0 aliphatic heterocycles. The first-order valence-electron chi connectivity index (χ1n) is 5.28. The number of ether oxygens (including phenoxy) is 1. The Kier molecular flexibility index (Phi) is 5.43. The van der Waals surface area contributed by atoms with Gasteiger partial charge in [-0.05, 0) is 6.92 Å². The van der Waals surface area contributed by atoms with Gasteiger partial charge in [-0.2, -0.15) is 15.4 Å². The summed E-state index contributed by atoms with van der Waals surface area (Å²) in [6.45, 7) is 3.65. The highest BCUT2D eigenvalue weighted by Crippen LogP contribution is 2.12. The number of esters is 1. The maximum atomic E-state index is 9.82. The monoisotopic (exact) mass is 233 g/mol. The van der Waals surface area contributed by atoms with Crippen LogP contribution >= 0.6 is 0 Å². The topological polar surface area (TPSA) is 67.9 Å². The van der Waals surface area contributed by atoms with Crippen LogP contribution in [0.15, 0.2) is 36.5 Å². The van der Waals surface area contributed by atoms with Crippen molar-refractivity contribution in [3.63, 3.8) is 0 Å². The summed E-state index contributed by atoms with van der Waals surface area (Å²) >= 11 is 0. The number of nitrogens with zero attached hydrogens (tertiary/aromatic N) is 2. The zero-order chi connectivity index (χ0) is 12.5. The summed E-state index contributed by atoms with van der Waals surface area (Å²) in [6.07, 6.45) is 1.70. The molecule has 1 aromatic carbocycles. The molecular formula is C12H15N3O2. The Labute approximate surface area is 99.8 Å². The van der Waals surface area contributed by atoms with Crippen molar-refractivity contribution in [2.45, 2.75) is 13.8 Å². The van der Waals surface area contributed by atoms with Crippen LogP contribution in [-0.2, 0) is 9.53 Å². The predicted octanol–water partition coefficient (Wildman–Crippen LogP) is 2.04. The van der Waals surface area contributed by atoms with Crippen LogP contribution in [0.4, 0.5) is 0 Å². The van der Waals surface area contributed by atoms with E-state index in [0.717, 1.165) is 11.3 Å². The zero-order valence-electron chi connectivity index (χ0n) is 9.88. The van der Waals surface area contributed by atoms with E-state index in [-0.39, 0.29) is 5.97 Å². The number of benzene rings is 1. The average Bonchev–Trinajstić information content (AvgIpc) is 2.84. The molecular weight excluding hydrogens is 218 g/mol. The summed E-state index contributed by atoms with van der Waals surface area (Å²) in [5, 5.41) is 10.2. The SMILES string of the molecule is CCOC(C)=O.c1ccc(-c2cn[nH]n2)cc1. The van der Waals surface area contributed by atoms with Gasteiger partial charge in [0, 0.05) is 12.5 Å². The van der Waals surface area contributed by atoms with Crippen molar-refractivity contribution in [2.24, 2.45) is 0 Å². The van der Waals surface area contributed by atoms with Crippen molar-refractivity contribution in [2.75, 3.05) is 6.61 Å². The van der Waals surface area contributed by atoms with Gasteiger partial charge in [-0.25, -0.2) is 0 Å². The van der Waals surface area contributed by atoms with Gasteiger partial charge in [-0.3, -0.25) is 4.79 Å². The number of carbonyl (C=O) groups excluding carboxylic acids is 1. The number of H-pyrrole nitrogens is 1. The maximum Gasteiger partial charge on any atom is 0.302 e. The summed E-state index contributed by atoms with van der Waals surface area (Å²) in [6, 6.07) is 9.92. The molecule has 1 heterocycles. The van der Waals surface area contributed by atoms with Crippen molar-refractivity contribution in [1.82, 2.24) is 15.4 Å². The molecule has 0 radical (unpaired) electrons. The van der Waals surface area contributed by atoms with Crippen LogP contribution in [0.2, 0.25) is 0 Å². The fourth-order valence-electron chi connectivity index (χ4n) is 1.15. The van der Waals surface area contributed by atoms with E-state index in [2.05, 4.69) is 20.1 Å². The van der Waals surface area contributed by atoms with E-state index < -0.39 is 0 Å². The second kappa shape index (κ2) is 7.16. The van der Waals surface area contributed by atoms with E-state index in [0.29, 0.717) is 6.61 Å². The van der Waals surface area contributed by atoms with Gasteiger partial charge >= 0.3 is 5.97 Å². The highest BCUT2D eigenvalue weighted by Gasteiger charge is 1.96. The average molecular weight is 233 g/mol. The van der Waals surface area contributed by atoms with Gasteiger partial charge in [0.25, 0.3) is 0 Å². The molecule has 0 aliphatic carbocycles. The van der Waals surface area contributed by atoms with E-state index in [1.165, 1.54) is 6.92 Å². The van der Waals surface area contributed by atoms with Crippen LogP contribution in [0.25, 0.3) is 11.3 Å². The first-order chi connectivity index (χ1) is 8.24. The first kappa shape index (κ1) is 12.9. The minimum atomic E-state index is -0.211.